The van der Waals surface area contributed by atoms with Gasteiger partial charge in [0.15, 0.2) is 0 Å². The Balaban J connectivity index is 1.14. The van der Waals surface area contributed by atoms with Gasteiger partial charge >= 0.3 is 12.1 Å². The average molecular weight is 603 g/mol. The van der Waals surface area contributed by atoms with Crippen molar-refractivity contribution in [1.82, 2.24) is 19.8 Å². The fourth-order valence-electron chi connectivity index (χ4n) is 8.85. The highest BCUT2D eigenvalue weighted by Crippen LogP contribution is 2.43. The molecule has 5 aliphatic heterocycles. The van der Waals surface area contributed by atoms with Crippen LogP contribution in [0.25, 0.3) is 10.8 Å². The molecule has 2 N–H and O–H groups in total. The van der Waals surface area contributed by atoms with E-state index in [9.17, 15) is 15.0 Å². The smallest absolute Gasteiger partial charge is 0.407 e. The topological polar surface area (TPSA) is 106 Å². The van der Waals surface area contributed by atoms with Gasteiger partial charge in [0.25, 0.3) is 0 Å². The summed E-state index contributed by atoms with van der Waals surface area (Å²) in [5.41, 5.74) is 2.69. The van der Waals surface area contributed by atoms with Crippen molar-refractivity contribution in [2.24, 2.45) is 0 Å². The highest BCUT2D eigenvalue weighted by molar-refractivity contribution is 5.95. The zero-order valence-electron chi connectivity index (χ0n) is 24.9. The summed E-state index contributed by atoms with van der Waals surface area (Å²) < 4.78 is 21.6. The van der Waals surface area contributed by atoms with Gasteiger partial charge in [-0.2, -0.15) is 9.97 Å². The highest BCUT2D eigenvalue weighted by Gasteiger charge is 2.50. The molecule has 3 aromatic rings. The quantitative estimate of drug-likeness (QED) is 0.433. The summed E-state index contributed by atoms with van der Waals surface area (Å²) in [7, 11) is 0. The monoisotopic (exact) mass is 602 g/mol. The van der Waals surface area contributed by atoms with Crippen LogP contribution in [-0.2, 0) is 13.0 Å². The molecule has 5 aliphatic rings. The molecule has 2 aromatic carbocycles. The van der Waals surface area contributed by atoms with E-state index in [4.69, 9.17) is 14.7 Å². The van der Waals surface area contributed by atoms with Crippen LogP contribution in [0, 0.1) is 5.82 Å². The fraction of sp³-hybridized carbons (Fsp3) is 0.545. The van der Waals surface area contributed by atoms with Gasteiger partial charge in [0.2, 0.25) is 0 Å². The largest absolute Gasteiger partial charge is 0.465 e. The number of ether oxygens (including phenoxy) is 1. The standard InChI is InChI=1S/C33H39FN6O4/c34-26-6-1-4-21-5-2-7-28(29(21)26)37-15-11-25-27(18-37)35-31(44-20-33-12-3-14-39(33)24(19-41)10-13-33)36-30(25)38-16-22-8-9-23(17-38)40(22)32(42)43/h1-2,4-7,22-24,41H,3,8-20H2,(H,42,43)/t22-,23+,24?,33?. The Bertz CT molecular complexity index is 1590. The second kappa shape index (κ2) is 10.7. The number of hydrogen-bond acceptors (Lipinski definition) is 8. The predicted molar refractivity (Wildman–Crippen MR) is 164 cm³/mol. The number of aliphatic hydroxyl groups excluding tert-OH is 1. The van der Waals surface area contributed by atoms with Crippen molar-refractivity contribution in [2.45, 2.75) is 75.2 Å². The number of anilines is 2. The lowest BCUT2D eigenvalue weighted by Gasteiger charge is -2.41. The van der Waals surface area contributed by atoms with E-state index in [-0.39, 0.29) is 36.1 Å². The van der Waals surface area contributed by atoms with Crippen molar-refractivity contribution in [3.8, 4) is 6.01 Å². The summed E-state index contributed by atoms with van der Waals surface area (Å²) in [6, 6.07) is 11.5. The molecule has 4 atom stereocenters. The third-order valence-electron chi connectivity index (χ3n) is 10.9. The summed E-state index contributed by atoms with van der Waals surface area (Å²) in [6.45, 7) is 3.99. The number of piperazine rings is 1. The van der Waals surface area contributed by atoms with E-state index in [1.165, 1.54) is 6.07 Å². The van der Waals surface area contributed by atoms with Crippen LogP contribution in [0.4, 0.5) is 20.7 Å². The Morgan fingerprint density at radius 2 is 1.82 bits per heavy atom. The Kier molecular flexibility index (Phi) is 6.78. The van der Waals surface area contributed by atoms with Crippen molar-refractivity contribution in [3.63, 3.8) is 0 Å². The highest BCUT2D eigenvalue weighted by atomic mass is 19.1. The molecule has 6 heterocycles. The summed E-state index contributed by atoms with van der Waals surface area (Å²) >= 11 is 0. The molecule has 10 nitrogen and oxygen atoms in total. The number of nitrogens with zero attached hydrogens (tertiary/aromatic N) is 6. The third kappa shape index (κ3) is 4.46. The lowest BCUT2D eigenvalue weighted by molar-refractivity contribution is 0.0641. The van der Waals surface area contributed by atoms with Crippen LogP contribution >= 0.6 is 0 Å². The molecule has 232 valence electrons. The predicted octanol–water partition coefficient (Wildman–Crippen LogP) is 4.03. The molecule has 8 rings (SSSR count). The van der Waals surface area contributed by atoms with Crippen LogP contribution in [0.1, 0.15) is 49.8 Å². The molecule has 4 fully saturated rings. The molecule has 11 heteroatoms. The fourth-order valence-corrected chi connectivity index (χ4v) is 8.85. The number of rotatable bonds is 6. The average Bonchev–Trinajstić information content (AvgIpc) is 3.68. The maximum absolute atomic E-state index is 15.1. The third-order valence-corrected chi connectivity index (χ3v) is 10.9. The molecule has 0 saturated carbocycles. The minimum absolute atomic E-state index is 0.0557. The van der Waals surface area contributed by atoms with Gasteiger partial charge in [-0.25, -0.2) is 9.18 Å². The molecule has 0 aliphatic carbocycles. The Labute approximate surface area is 256 Å². The van der Waals surface area contributed by atoms with E-state index in [0.29, 0.717) is 50.6 Å². The molecule has 1 amide bonds. The second-order valence-corrected chi connectivity index (χ2v) is 13.2. The van der Waals surface area contributed by atoms with Crippen molar-refractivity contribution < 1.29 is 24.1 Å². The Morgan fingerprint density at radius 1 is 1.02 bits per heavy atom. The van der Waals surface area contributed by atoms with Crippen LogP contribution in [0.3, 0.4) is 0 Å². The second-order valence-electron chi connectivity index (χ2n) is 13.2. The number of aromatic nitrogens is 2. The van der Waals surface area contributed by atoms with Gasteiger partial charge in [-0.1, -0.05) is 24.3 Å². The number of fused-ring (bicyclic) bond motifs is 5. The molecule has 0 spiro atoms. The molecule has 2 unspecified atom stereocenters. The van der Waals surface area contributed by atoms with E-state index >= 15 is 4.39 Å². The van der Waals surface area contributed by atoms with Crippen molar-refractivity contribution in [2.75, 3.05) is 49.2 Å². The molecule has 4 saturated heterocycles. The van der Waals surface area contributed by atoms with Crippen LogP contribution < -0.4 is 14.5 Å². The van der Waals surface area contributed by atoms with Gasteiger partial charge in [0.05, 0.1) is 36.5 Å². The molecule has 0 radical (unpaired) electrons. The van der Waals surface area contributed by atoms with Gasteiger partial charge in [0.1, 0.15) is 18.2 Å². The van der Waals surface area contributed by atoms with Crippen molar-refractivity contribution in [3.05, 3.63) is 53.5 Å². The molecular weight excluding hydrogens is 563 g/mol. The van der Waals surface area contributed by atoms with Gasteiger partial charge < -0.3 is 24.7 Å². The molecule has 1 aromatic heterocycles. The molecular formula is C33H39FN6O4. The maximum atomic E-state index is 15.1. The number of amides is 1. The number of carbonyl (C=O) groups is 1. The van der Waals surface area contributed by atoms with E-state index in [1.54, 1.807) is 11.0 Å². The van der Waals surface area contributed by atoms with Crippen LogP contribution in [0.15, 0.2) is 36.4 Å². The first-order valence-electron chi connectivity index (χ1n) is 16.0. The zero-order valence-corrected chi connectivity index (χ0v) is 24.9. The first-order chi connectivity index (χ1) is 21.4. The normalized spacial score (nSPS) is 28.0. The van der Waals surface area contributed by atoms with Crippen LogP contribution in [0.5, 0.6) is 6.01 Å². The zero-order chi connectivity index (χ0) is 30.0. The first kappa shape index (κ1) is 27.8. The van der Waals surface area contributed by atoms with Gasteiger partial charge in [0, 0.05) is 42.3 Å². The Morgan fingerprint density at radius 3 is 2.59 bits per heavy atom. The van der Waals surface area contributed by atoms with Crippen molar-refractivity contribution in [1.29, 1.82) is 0 Å². The van der Waals surface area contributed by atoms with E-state index in [2.05, 4.69) is 14.7 Å². The number of carboxylic acid groups (broad SMARTS) is 1. The molecule has 2 bridgehead atoms. The van der Waals surface area contributed by atoms with Crippen molar-refractivity contribution >= 4 is 28.4 Å². The van der Waals surface area contributed by atoms with E-state index < -0.39 is 6.09 Å². The molecule has 44 heavy (non-hydrogen) atoms. The summed E-state index contributed by atoms with van der Waals surface area (Å²) in [6.07, 6.45) is 5.62. The van der Waals surface area contributed by atoms with E-state index in [0.717, 1.165) is 73.2 Å². The minimum Gasteiger partial charge on any atom is -0.465 e. The van der Waals surface area contributed by atoms with Gasteiger partial charge in [-0.3, -0.25) is 9.80 Å². The van der Waals surface area contributed by atoms with Gasteiger partial charge in [-0.15, -0.1) is 0 Å². The summed E-state index contributed by atoms with van der Waals surface area (Å²) in [5, 5.41) is 21.3. The SMILES string of the molecule is O=C(O)N1[C@@H]2CC[C@H]1CN(c1nc(OCC34CCCN3C(CO)CC4)nc3c1CCN(c1cccc4cccc(F)c14)C3)C2. The summed E-state index contributed by atoms with van der Waals surface area (Å²) in [5.74, 6) is 0.609. The number of aliphatic hydroxyl groups is 1. The number of halogens is 1. The Hall–Kier alpha value is -3.70. The number of benzene rings is 2. The van der Waals surface area contributed by atoms with Crippen LogP contribution in [-0.4, -0.2) is 99.1 Å². The lowest BCUT2D eigenvalue weighted by atomic mass is 9.95. The van der Waals surface area contributed by atoms with Crippen LogP contribution in [0.2, 0.25) is 0 Å². The summed E-state index contributed by atoms with van der Waals surface area (Å²) in [4.78, 5) is 30.5. The van der Waals surface area contributed by atoms with E-state index in [1.807, 2.05) is 24.3 Å². The van der Waals surface area contributed by atoms with Gasteiger partial charge in [-0.05, 0) is 69.0 Å². The lowest BCUT2D eigenvalue weighted by Crippen LogP contribution is -2.56. The first-order valence-corrected chi connectivity index (χ1v) is 16.0. The minimum atomic E-state index is -0.845. The maximum Gasteiger partial charge on any atom is 0.407 e. The number of hydrogen-bond donors (Lipinski definition) is 2.